The van der Waals surface area contributed by atoms with E-state index in [9.17, 15) is 4.79 Å². The van der Waals surface area contributed by atoms with Crippen LogP contribution < -0.4 is 5.73 Å². The summed E-state index contributed by atoms with van der Waals surface area (Å²) in [5.74, 6) is 0.562. The summed E-state index contributed by atoms with van der Waals surface area (Å²) in [5, 5.41) is 0. The van der Waals surface area contributed by atoms with Crippen molar-refractivity contribution in [3.05, 3.63) is 35.9 Å². The molecule has 2 rings (SSSR count). The number of piperidine rings is 1. The predicted octanol–water partition coefficient (Wildman–Crippen LogP) is 2.33. The molecule has 3 nitrogen and oxygen atoms in total. The van der Waals surface area contributed by atoms with Crippen LogP contribution in [-0.2, 0) is 0 Å². The molecule has 1 heterocycles. The van der Waals surface area contributed by atoms with Crippen molar-refractivity contribution in [2.75, 3.05) is 6.54 Å². The van der Waals surface area contributed by atoms with E-state index in [2.05, 4.69) is 31.2 Å². The normalized spacial score (nSPS) is 25.4. The number of hydrogen-bond acceptors (Lipinski definition) is 1. The number of carbonyl (C=O) groups excluding carboxylic acids is 1. The molecule has 0 bridgehead atoms. The molecule has 0 unspecified atom stereocenters. The van der Waals surface area contributed by atoms with E-state index < -0.39 is 0 Å². The lowest BCUT2D eigenvalue weighted by Crippen LogP contribution is -2.46. The summed E-state index contributed by atoms with van der Waals surface area (Å²) in [7, 11) is 0. The first kappa shape index (κ1) is 11.0. The lowest BCUT2D eigenvalue weighted by atomic mass is 9.86. The Morgan fingerprint density at radius 1 is 1.38 bits per heavy atom. The van der Waals surface area contributed by atoms with E-state index in [1.54, 1.807) is 4.90 Å². The Labute approximate surface area is 96.2 Å². The van der Waals surface area contributed by atoms with E-state index in [1.807, 2.05) is 6.07 Å². The lowest BCUT2D eigenvalue weighted by Gasteiger charge is -2.36. The highest BCUT2D eigenvalue weighted by atomic mass is 16.2. The van der Waals surface area contributed by atoms with Crippen molar-refractivity contribution in [1.82, 2.24) is 4.90 Å². The maximum atomic E-state index is 11.2. The molecular weight excluding hydrogens is 200 g/mol. The molecule has 1 saturated heterocycles. The van der Waals surface area contributed by atoms with E-state index in [0.29, 0.717) is 5.92 Å². The quantitative estimate of drug-likeness (QED) is 0.772. The molecule has 1 aliphatic heterocycles. The molecular formula is C13H18N2O. The molecule has 2 atom stereocenters. The number of amides is 2. The molecule has 0 saturated carbocycles. The third-order valence-corrected chi connectivity index (χ3v) is 3.43. The molecule has 0 radical (unpaired) electrons. The van der Waals surface area contributed by atoms with Gasteiger partial charge in [0.1, 0.15) is 0 Å². The van der Waals surface area contributed by atoms with Crippen LogP contribution in [0.5, 0.6) is 0 Å². The summed E-state index contributed by atoms with van der Waals surface area (Å²) >= 11 is 0. The van der Waals surface area contributed by atoms with Gasteiger partial charge in [0.15, 0.2) is 0 Å². The van der Waals surface area contributed by atoms with Crippen LogP contribution in [-0.4, -0.2) is 23.5 Å². The summed E-state index contributed by atoms with van der Waals surface area (Å²) in [5.41, 5.74) is 6.70. The van der Waals surface area contributed by atoms with Crippen LogP contribution in [0, 0.1) is 0 Å². The highest BCUT2D eigenvalue weighted by Crippen LogP contribution is 2.30. The van der Waals surface area contributed by atoms with Crippen LogP contribution >= 0.6 is 0 Å². The van der Waals surface area contributed by atoms with Crippen molar-refractivity contribution in [3.63, 3.8) is 0 Å². The van der Waals surface area contributed by atoms with Crippen molar-refractivity contribution in [1.29, 1.82) is 0 Å². The number of primary amides is 1. The molecule has 1 aromatic carbocycles. The summed E-state index contributed by atoms with van der Waals surface area (Å²) in [6, 6.07) is 10.5. The number of nitrogens with two attached hydrogens (primary N) is 1. The molecule has 0 aromatic heterocycles. The van der Waals surface area contributed by atoms with Crippen molar-refractivity contribution in [2.24, 2.45) is 5.73 Å². The topological polar surface area (TPSA) is 46.3 Å². The zero-order valence-electron chi connectivity index (χ0n) is 9.60. The van der Waals surface area contributed by atoms with E-state index >= 15 is 0 Å². The number of urea groups is 1. The molecule has 3 heteroatoms. The second kappa shape index (κ2) is 4.56. The van der Waals surface area contributed by atoms with Crippen LogP contribution in [0.4, 0.5) is 4.79 Å². The zero-order valence-corrected chi connectivity index (χ0v) is 9.60. The first-order chi connectivity index (χ1) is 7.68. The monoisotopic (exact) mass is 218 g/mol. The molecule has 2 amide bonds. The van der Waals surface area contributed by atoms with Crippen molar-refractivity contribution >= 4 is 6.03 Å². The molecule has 16 heavy (non-hydrogen) atoms. The minimum Gasteiger partial charge on any atom is -0.351 e. The minimum atomic E-state index is -0.293. The number of rotatable bonds is 1. The van der Waals surface area contributed by atoms with Gasteiger partial charge in [-0.15, -0.1) is 0 Å². The van der Waals surface area contributed by atoms with E-state index in [4.69, 9.17) is 5.73 Å². The van der Waals surface area contributed by atoms with Gasteiger partial charge in [0.2, 0.25) is 0 Å². The van der Waals surface area contributed by atoms with Crippen LogP contribution in [0.25, 0.3) is 0 Å². The maximum Gasteiger partial charge on any atom is 0.315 e. The van der Waals surface area contributed by atoms with Gasteiger partial charge >= 0.3 is 6.03 Å². The standard InChI is InChI=1S/C13H18N2O/c1-10-9-12(7-8-15(10)13(14)16)11-5-3-2-4-6-11/h2-6,10,12H,7-9H2,1H3,(H2,14,16)/t10-,12+/m0/s1. The van der Waals surface area contributed by atoms with Crippen LogP contribution in [0.3, 0.4) is 0 Å². The third-order valence-electron chi connectivity index (χ3n) is 3.43. The number of benzene rings is 1. The molecule has 0 aliphatic carbocycles. The van der Waals surface area contributed by atoms with Crippen LogP contribution in [0.15, 0.2) is 30.3 Å². The van der Waals surface area contributed by atoms with Crippen molar-refractivity contribution < 1.29 is 4.79 Å². The summed E-state index contributed by atoms with van der Waals surface area (Å²) in [4.78, 5) is 12.9. The second-order valence-corrected chi connectivity index (χ2v) is 4.51. The van der Waals surface area contributed by atoms with Crippen LogP contribution in [0.2, 0.25) is 0 Å². The van der Waals surface area contributed by atoms with Crippen molar-refractivity contribution in [2.45, 2.75) is 31.7 Å². The minimum absolute atomic E-state index is 0.247. The van der Waals surface area contributed by atoms with Crippen molar-refractivity contribution in [3.8, 4) is 0 Å². The first-order valence-electron chi connectivity index (χ1n) is 5.79. The highest BCUT2D eigenvalue weighted by molar-refractivity contribution is 5.72. The van der Waals surface area contributed by atoms with Gasteiger partial charge in [-0.2, -0.15) is 0 Å². The molecule has 0 spiro atoms. The third kappa shape index (κ3) is 2.18. The Kier molecular flexibility index (Phi) is 3.13. The summed E-state index contributed by atoms with van der Waals surface area (Å²) in [6.07, 6.45) is 2.02. The SMILES string of the molecule is C[C@H]1C[C@H](c2ccccc2)CCN1C(N)=O. The van der Waals surface area contributed by atoms with Gasteiger partial charge in [-0.1, -0.05) is 30.3 Å². The van der Waals surface area contributed by atoms with Crippen LogP contribution in [0.1, 0.15) is 31.2 Å². The average Bonchev–Trinajstić information content (AvgIpc) is 2.29. The Morgan fingerprint density at radius 2 is 2.06 bits per heavy atom. The average molecular weight is 218 g/mol. The number of likely N-dealkylation sites (tertiary alicyclic amines) is 1. The van der Waals surface area contributed by atoms with Gasteiger partial charge in [-0.3, -0.25) is 0 Å². The maximum absolute atomic E-state index is 11.2. The van der Waals surface area contributed by atoms with Gasteiger partial charge in [-0.05, 0) is 31.2 Å². The molecule has 1 aromatic rings. The Morgan fingerprint density at radius 3 is 2.62 bits per heavy atom. The fraction of sp³-hybridized carbons (Fsp3) is 0.462. The Balaban J connectivity index is 2.05. The zero-order chi connectivity index (χ0) is 11.5. The summed E-state index contributed by atoms with van der Waals surface area (Å²) < 4.78 is 0. The number of carbonyl (C=O) groups is 1. The lowest BCUT2D eigenvalue weighted by molar-refractivity contribution is 0.158. The predicted molar refractivity (Wildman–Crippen MR) is 64.2 cm³/mol. The Hall–Kier alpha value is -1.51. The fourth-order valence-corrected chi connectivity index (χ4v) is 2.53. The largest absolute Gasteiger partial charge is 0.351 e. The number of nitrogens with zero attached hydrogens (tertiary/aromatic N) is 1. The molecule has 1 fully saturated rings. The highest BCUT2D eigenvalue weighted by Gasteiger charge is 2.27. The summed E-state index contributed by atoms with van der Waals surface area (Å²) in [6.45, 7) is 2.84. The van der Waals surface area contributed by atoms with E-state index in [-0.39, 0.29) is 12.1 Å². The second-order valence-electron chi connectivity index (χ2n) is 4.51. The molecule has 86 valence electrons. The Bertz CT molecular complexity index is 363. The number of hydrogen-bond donors (Lipinski definition) is 1. The molecule has 2 N–H and O–H groups in total. The van der Waals surface area contributed by atoms with E-state index in [0.717, 1.165) is 19.4 Å². The van der Waals surface area contributed by atoms with Gasteiger partial charge in [0, 0.05) is 12.6 Å². The van der Waals surface area contributed by atoms with Gasteiger partial charge in [0.25, 0.3) is 0 Å². The van der Waals surface area contributed by atoms with Gasteiger partial charge < -0.3 is 10.6 Å². The fourth-order valence-electron chi connectivity index (χ4n) is 2.53. The van der Waals surface area contributed by atoms with Gasteiger partial charge in [0.05, 0.1) is 0 Å². The molecule has 1 aliphatic rings. The van der Waals surface area contributed by atoms with Gasteiger partial charge in [-0.25, -0.2) is 4.79 Å². The van der Waals surface area contributed by atoms with E-state index in [1.165, 1.54) is 5.56 Å². The smallest absolute Gasteiger partial charge is 0.315 e. The first-order valence-corrected chi connectivity index (χ1v) is 5.79.